The second kappa shape index (κ2) is 7.20. The van der Waals surface area contributed by atoms with Gasteiger partial charge in [0.2, 0.25) is 0 Å². The molecule has 2 aromatic rings. The van der Waals surface area contributed by atoms with E-state index in [-0.39, 0.29) is 5.91 Å². The summed E-state index contributed by atoms with van der Waals surface area (Å²) in [6.07, 6.45) is 1.02. The third-order valence-corrected chi connectivity index (χ3v) is 6.93. The van der Waals surface area contributed by atoms with Gasteiger partial charge in [0.15, 0.2) is 0 Å². The number of aryl methyl sites for hydroxylation is 1. The number of hydrogen-bond acceptors (Lipinski definition) is 3. The summed E-state index contributed by atoms with van der Waals surface area (Å²) in [5.41, 5.74) is 2.77. The lowest BCUT2D eigenvalue weighted by Crippen LogP contribution is -2.32. The van der Waals surface area contributed by atoms with Crippen LogP contribution in [-0.2, 0) is 0 Å². The number of rotatable bonds is 2. The van der Waals surface area contributed by atoms with Gasteiger partial charge >= 0.3 is 0 Å². The van der Waals surface area contributed by atoms with Crippen LogP contribution >= 0.6 is 39.0 Å². The van der Waals surface area contributed by atoms with Crippen LogP contribution in [0.3, 0.4) is 0 Å². The molecule has 1 amide bonds. The van der Waals surface area contributed by atoms with E-state index < -0.39 is 0 Å². The third kappa shape index (κ3) is 3.58. The van der Waals surface area contributed by atoms with Crippen molar-refractivity contribution in [3.63, 3.8) is 0 Å². The predicted molar refractivity (Wildman–Crippen MR) is 98.9 cm³/mol. The molecule has 0 saturated carbocycles. The first kappa shape index (κ1) is 16.1. The number of nitrogens with zero attached hydrogens (tertiary/aromatic N) is 1. The Hall–Kier alpha value is -0.780. The largest absolute Gasteiger partial charge is 0.337 e. The molecular weight excluding hydrogens is 378 g/mol. The molecule has 2 nitrogen and oxygen atoms in total. The SMILES string of the molecule is Cc1ccccc1C1CCN(C(=O)c2cc(Br)cs2)CCS1. The number of halogens is 1. The molecular formula is C17H18BrNOS2. The Bertz CT molecular complexity index is 670. The maximum Gasteiger partial charge on any atom is 0.263 e. The zero-order valence-electron chi connectivity index (χ0n) is 12.4. The van der Waals surface area contributed by atoms with Crippen molar-refractivity contribution in [1.82, 2.24) is 4.90 Å². The molecule has 5 heteroatoms. The number of carbonyl (C=O) groups excluding carboxylic acids is 1. The summed E-state index contributed by atoms with van der Waals surface area (Å²) < 4.78 is 0.989. The van der Waals surface area contributed by atoms with Crippen LogP contribution in [0.5, 0.6) is 0 Å². The summed E-state index contributed by atoms with van der Waals surface area (Å²) in [5, 5.41) is 2.46. The van der Waals surface area contributed by atoms with Crippen molar-refractivity contribution in [3.8, 4) is 0 Å². The average molecular weight is 396 g/mol. The second-order valence-corrected chi connectivity index (χ2v) is 8.56. The van der Waals surface area contributed by atoms with Crippen LogP contribution in [0.2, 0.25) is 0 Å². The zero-order chi connectivity index (χ0) is 15.5. The lowest BCUT2D eigenvalue weighted by Gasteiger charge is -2.20. The molecule has 1 unspecified atom stereocenters. The second-order valence-electron chi connectivity index (χ2n) is 5.43. The van der Waals surface area contributed by atoms with Crippen molar-refractivity contribution < 1.29 is 4.79 Å². The van der Waals surface area contributed by atoms with Gasteiger partial charge in [-0.25, -0.2) is 0 Å². The predicted octanol–water partition coefficient (Wildman–Crippen LogP) is 5.14. The van der Waals surface area contributed by atoms with Gasteiger partial charge in [0, 0.05) is 33.9 Å². The van der Waals surface area contributed by atoms with Gasteiger partial charge in [0.1, 0.15) is 0 Å². The molecule has 0 N–H and O–H groups in total. The fourth-order valence-corrected chi connectivity index (χ4v) is 5.47. The quantitative estimate of drug-likeness (QED) is 0.701. The Morgan fingerprint density at radius 1 is 1.32 bits per heavy atom. The molecule has 0 spiro atoms. The van der Waals surface area contributed by atoms with Crippen LogP contribution in [0.4, 0.5) is 0 Å². The Morgan fingerprint density at radius 3 is 2.86 bits per heavy atom. The molecule has 0 bridgehead atoms. The third-order valence-electron chi connectivity index (χ3n) is 3.94. The van der Waals surface area contributed by atoms with Crippen molar-refractivity contribution in [1.29, 1.82) is 0 Å². The highest BCUT2D eigenvalue weighted by molar-refractivity contribution is 9.10. The molecule has 3 rings (SSSR count). The van der Waals surface area contributed by atoms with E-state index in [9.17, 15) is 4.79 Å². The van der Waals surface area contributed by atoms with Crippen molar-refractivity contribution in [2.45, 2.75) is 18.6 Å². The number of carbonyl (C=O) groups is 1. The van der Waals surface area contributed by atoms with Crippen LogP contribution < -0.4 is 0 Å². The lowest BCUT2D eigenvalue weighted by atomic mass is 10.0. The molecule has 22 heavy (non-hydrogen) atoms. The molecule has 1 aromatic carbocycles. The summed E-state index contributed by atoms with van der Waals surface area (Å²) >= 11 is 6.91. The highest BCUT2D eigenvalue weighted by Crippen LogP contribution is 2.36. The number of thiophene rings is 1. The summed E-state index contributed by atoms with van der Waals surface area (Å²) in [7, 11) is 0. The minimum atomic E-state index is 0.168. The lowest BCUT2D eigenvalue weighted by molar-refractivity contribution is 0.0771. The molecule has 0 radical (unpaired) electrons. The minimum Gasteiger partial charge on any atom is -0.337 e. The van der Waals surface area contributed by atoms with Crippen LogP contribution in [0.1, 0.15) is 32.5 Å². The van der Waals surface area contributed by atoms with E-state index in [4.69, 9.17) is 0 Å². The highest BCUT2D eigenvalue weighted by Gasteiger charge is 2.24. The van der Waals surface area contributed by atoms with Gasteiger partial charge in [-0.1, -0.05) is 24.3 Å². The first-order valence-corrected chi connectivity index (χ1v) is 10.1. The molecule has 0 aliphatic carbocycles. The van der Waals surface area contributed by atoms with Gasteiger partial charge in [-0.3, -0.25) is 4.79 Å². The van der Waals surface area contributed by atoms with Crippen LogP contribution in [0, 0.1) is 6.92 Å². The van der Waals surface area contributed by atoms with Crippen molar-refractivity contribution in [2.24, 2.45) is 0 Å². The summed E-state index contributed by atoms with van der Waals surface area (Å²) in [6.45, 7) is 3.84. The number of amides is 1. The van der Waals surface area contributed by atoms with Crippen molar-refractivity contribution in [2.75, 3.05) is 18.8 Å². The first-order valence-electron chi connectivity index (χ1n) is 7.35. The highest BCUT2D eigenvalue weighted by atomic mass is 79.9. The molecule has 1 aromatic heterocycles. The first-order chi connectivity index (χ1) is 10.6. The van der Waals surface area contributed by atoms with Gasteiger partial charge in [0.05, 0.1) is 4.88 Å². The summed E-state index contributed by atoms with van der Waals surface area (Å²) in [4.78, 5) is 15.4. The van der Waals surface area contributed by atoms with Crippen LogP contribution in [0.25, 0.3) is 0 Å². The maximum absolute atomic E-state index is 12.6. The number of hydrogen-bond donors (Lipinski definition) is 0. The van der Waals surface area contributed by atoms with Crippen molar-refractivity contribution in [3.05, 3.63) is 56.2 Å². The van der Waals surface area contributed by atoms with E-state index in [0.29, 0.717) is 5.25 Å². The van der Waals surface area contributed by atoms with E-state index in [1.807, 2.05) is 28.1 Å². The minimum absolute atomic E-state index is 0.168. The fraction of sp³-hybridized carbons (Fsp3) is 0.353. The molecule has 1 saturated heterocycles. The fourth-order valence-electron chi connectivity index (χ4n) is 2.75. The Balaban J connectivity index is 1.70. The van der Waals surface area contributed by atoms with E-state index in [1.165, 1.54) is 22.5 Å². The Kier molecular flexibility index (Phi) is 5.26. The van der Waals surface area contributed by atoms with Crippen LogP contribution in [-0.4, -0.2) is 29.6 Å². The normalized spacial score (nSPS) is 19.0. The summed E-state index contributed by atoms with van der Waals surface area (Å²) in [6, 6.07) is 10.5. The smallest absolute Gasteiger partial charge is 0.263 e. The molecule has 2 heterocycles. The maximum atomic E-state index is 12.6. The average Bonchev–Trinajstić information content (AvgIpc) is 2.81. The van der Waals surface area contributed by atoms with Gasteiger partial charge < -0.3 is 4.90 Å². The summed E-state index contributed by atoms with van der Waals surface area (Å²) in [5.74, 6) is 1.17. The van der Waals surface area contributed by atoms with E-state index >= 15 is 0 Å². The number of benzene rings is 1. The van der Waals surface area contributed by atoms with Crippen LogP contribution in [0.15, 0.2) is 40.2 Å². The molecule has 1 aliphatic heterocycles. The standard InChI is InChI=1S/C17H18BrNOS2/c1-12-4-2-3-5-14(12)15-6-7-19(8-9-21-15)17(20)16-10-13(18)11-22-16/h2-5,10-11,15H,6-9H2,1H3. The van der Waals surface area contributed by atoms with Gasteiger partial charge in [0.25, 0.3) is 5.91 Å². The van der Waals surface area contributed by atoms with Gasteiger partial charge in [-0.2, -0.15) is 11.8 Å². The van der Waals surface area contributed by atoms with E-state index in [2.05, 4.69) is 47.1 Å². The number of thioether (sulfide) groups is 1. The monoisotopic (exact) mass is 395 g/mol. The Labute approximate surface area is 148 Å². The van der Waals surface area contributed by atoms with E-state index in [0.717, 1.165) is 34.6 Å². The van der Waals surface area contributed by atoms with Gasteiger partial charge in [-0.05, 0) is 46.5 Å². The van der Waals surface area contributed by atoms with Gasteiger partial charge in [-0.15, -0.1) is 11.3 Å². The molecule has 116 valence electrons. The topological polar surface area (TPSA) is 20.3 Å². The van der Waals surface area contributed by atoms with E-state index in [1.54, 1.807) is 0 Å². The molecule has 1 atom stereocenters. The zero-order valence-corrected chi connectivity index (χ0v) is 15.6. The Morgan fingerprint density at radius 2 is 2.14 bits per heavy atom. The molecule has 1 fully saturated rings. The van der Waals surface area contributed by atoms with Crippen molar-refractivity contribution >= 4 is 44.9 Å². The molecule has 1 aliphatic rings.